The molecule has 2 aliphatic rings. The molecule has 2 aromatic heterocycles. The molecule has 0 aliphatic heterocycles. The summed E-state index contributed by atoms with van der Waals surface area (Å²) < 4.78 is 12.6. The Balaban J connectivity index is 0.000000995. The molecule has 6 nitrogen and oxygen atoms in total. The molecule has 1 spiro atoms. The minimum atomic E-state index is -0.600. The second kappa shape index (κ2) is 18.1. The number of aromatic nitrogens is 4. The molecule has 312 valence electrons. The van der Waals surface area contributed by atoms with E-state index >= 15 is 0 Å². The Morgan fingerprint density at radius 2 is 0.967 bits per heavy atom. The van der Waals surface area contributed by atoms with Crippen LogP contribution in [0.15, 0.2) is 148 Å². The summed E-state index contributed by atoms with van der Waals surface area (Å²) in [5, 5.41) is 17.9. The largest absolute Gasteiger partial charge is 0.417 e. The molecule has 2 aliphatic carbocycles. The van der Waals surface area contributed by atoms with Gasteiger partial charge in [0.2, 0.25) is 23.6 Å². The van der Waals surface area contributed by atoms with Gasteiger partial charge in [-0.1, -0.05) is 181 Å². The highest BCUT2D eigenvalue weighted by Crippen LogP contribution is 2.63. The summed E-state index contributed by atoms with van der Waals surface area (Å²) in [6, 6.07) is 38.9. The molecule has 5 aromatic carbocycles. The lowest BCUT2D eigenvalue weighted by Crippen LogP contribution is -2.26. The van der Waals surface area contributed by atoms with Crippen molar-refractivity contribution in [2.24, 2.45) is 5.41 Å². The molecule has 0 saturated carbocycles. The quantitative estimate of drug-likeness (QED) is 0.156. The van der Waals surface area contributed by atoms with E-state index in [1.54, 1.807) is 0 Å². The Hall–Kier alpha value is -6.40. The molecule has 7 aromatic rings. The molecule has 1 atom stereocenters. The van der Waals surface area contributed by atoms with Crippen molar-refractivity contribution in [1.82, 2.24) is 20.4 Å². The van der Waals surface area contributed by atoms with Gasteiger partial charge < -0.3 is 8.83 Å². The Bertz CT molecular complexity index is 2680. The third-order valence-electron chi connectivity index (χ3n) is 11.0. The highest BCUT2D eigenvalue weighted by molar-refractivity contribution is 5.96. The van der Waals surface area contributed by atoms with Crippen LogP contribution in [-0.2, 0) is 10.8 Å². The van der Waals surface area contributed by atoms with Crippen LogP contribution in [0.1, 0.15) is 117 Å². The molecule has 0 saturated heterocycles. The van der Waals surface area contributed by atoms with Crippen LogP contribution in [0.2, 0.25) is 0 Å². The van der Waals surface area contributed by atoms with Crippen LogP contribution in [0.25, 0.3) is 62.7 Å². The fraction of sp³-hybridized carbons (Fsp3) is 0.273. The maximum Gasteiger partial charge on any atom is 0.248 e. The Morgan fingerprint density at radius 1 is 0.525 bits per heavy atom. The van der Waals surface area contributed by atoms with Crippen LogP contribution in [-0.4, -0.2) is 20.4 Å². The zero-order valence-corrected chi connectivity index (χ0v) is 38.0. The fourth-order valence-electron chi connectivity index (χ4n) is 8.25. The van der Waals surface area contributed by atoms with Crippen molar-refractivity contribution in [3.8, 4) is 56.6 Å². The molecular weight excluding hydrogens is 749 g/mol. The standard InChI is InChI=1S/C49H42N4O2.3C2H6/c1-8-33(47(2,3)4)14-13-19-43-50-51-45(54-43)31-22-26-37-35-15-9-11-17-39(35)49(41(37)28-31)40-18-12-10-16-36(40)38-27-23-32(29-42(38)49)46-53-52-44(55-46)30-20-24-34(25-21-30)48(5,6)7;3*1-2/h8-29H,1H2,2-7H3;3*1-2H3/b19-13+,33-14+;;;. The summed E-state index contributed by atoms with van der Waals surface area (Å²) in [5.41, 5.74) is 14.0. The highest BCUT2D eigenvalue weighted by atomic mass is 16.4. The summed E-state index contributed by atoms with van der Waals surface area (Å²) >= 11 is 0. The van der Waals surface area contributed by atoms with E-state index in [1.165, 1.54) is 50.1 Å². The van der Waals surface area contributed by atoms with Gasteiger partial charge in [0, 0.05) is 22.8 Å². The SMILES string of the molecule is C=C/C(=C\C=C\c1nnc(-c2ccc3c(c2)C2(c4ccccc4-3)c3ccccc3-c3ccc(-c4nnc(-c5ccc(C(C)(C)C)cc5)o4)cc32)o1)C(C)(C)C.CC.CC.CC. The Kier molecular flexibility index (Phi) is 13.1. The molecule has 0 N–H and O–H groups in total. The van der Waals surface area contributed by atoms with Gasteiger partial charge in [0.25, 0.3) is 0 Å². The van der Waals surface area contributed by atoms with Crippen molar-refractivity contribution in [2.45, 2.75) is 93.9 Å². The Morgan fingerprint density at radius 3 is 1.46 bits per heavy atom. The van der Waals surface area contributed by atoms with E-state index in [2.05, 4.69) is 178 Å². The molecule has 61 heavy (non-hydrogen) atoms. The number of allylic oxidation sites excluding steroid dienone is 4. The molecular formula is C55H60N4O2. The molecule has 0 bridgehead atoms. The summed E-state index contributed by atoms with van der Waals surface area (Å²) in [5.74, 6) is 1.88. The normalized spacial score (nSPS) is 14.7. The second-order valence-electron chi connectivity index (χ2n) is 16.5. The lowest BCUT2D eigenvalue weighted by molar-refractivity contribution is 0.517. The summed E-state index contributed by atoms with van der Waals surface area (Å²) in [6.07, 6.45) is 7.70. The first kappa shape index (κ1) is 44.2. The minimum absolute atomic E-state index is 0.0183. The number of hydrogen-bond donors (Lipinski definition) is 0. The third-order valence-corrected chi connectivity index (χ3v) is 11.0. The summed E-state index contributed by atoms with van der Waals surface area (Å²) in [7, 11) is 0. The van der Waals surface area contributed by atoms with Crippen molar-refractivity contribution >= 4 is 6.08 Å². The molecule has 0 amide bonds. The number of nitrogens with zero attached hydrogens (tertiary/aromatic N) is 4. The molecule has 0 radical (unpaired) electrons. The van der Waals surface area contributed by atoms with Gasteiger partial charge in [-0.25, -0.2) is 0 Å². The van der Waals surface area contributed by atoms with E-state index in [0.717, 1.165) is 22.3 Å². The van der Waals surface area contributed by atoms with Crippen LogP contribution in [0, 0.1) is 5.41 Å². The lowest BCUT2D eigenvalue weighted by Gasteiger charge is -2.30. The van der Waals surface area contributed by atoms with Gasteiger partial charge in [-0.2, -0.15) is 0 Å². The molecule has 6 heteroatoms. The number of fused-ring (bicyclic) bond motifs is 10. The van der Waals surface area contributed by atoms with E-state index in [0.29, 0.717) is 23.6 Å². The summed E-state index contributed by atoms with van der Waals surface area (Å²) in [6.45, 7) is 29.1. The zero-order chi connectivity index (χ0) is 44.1. The van der Waals surface area contributed by atoms with Crippen molar-refractivity contribution in [1.29, 1.82) is 0 Å². The smallest absolute Gasteiger partial charge is 0.248 e. The van der Waals surface area contributed by atoms with E-state index in [4.69, 9.17) is 8.83 Å². The molecule has 0 fully saturated rings. The van der Waals surface area contributed by atoms with Crippen LogP contribution < -0.4 is 0 Å². The number of rotatable bonds is 6. The summed E-state index contributed by atoms with van der Waals surface area (Å²) in [4.78, 5) is 0. The monoisotopic (exact) mass is 808 g/mol. The number of benzene rings is 5. The van der Waals surface area contributed by atoms with Crippen LogP contribution in [0.4, 0.5) is 0 Å². The topological polar surface area (TPSA) is 77.8 Å². The third kappa shape index (κ3) is 8.00. The van der Waals surface area contributed by atoms with E-state index in [1.807, 2.05) is 65.8 Å². The maximum atomic E-state index is 6.39. The van der Waals surface area contributed by atoms with Crippen LogP contribution >= 0.6 is 0 Å². The molecule has 9 rings (SSSR count). The second-order valence-corrected chi connectivity index (χ2v) is 16.5. The van der Waals surface area contributed by atoms with Crippen molar-refractivity contribution < 1.29 is 8.83 Å². The first-order chi connectivity index (χ1) is 29.5. The highest BCUT2D eigenvalue weighted by Gasteiger charge is 2.52. The predicted molar refractivity (Wildman–Crippen MR) is 254 cm³/mol. The van der Waals surface area contributed by atoms with Gasteiger partial charge in [-0.3, -0.25) is 0 Å². The van der Waals surface area contributed by atoms with E-state index in [9.17, 15) is 0 Å². The van der Waals surface area contributed by atoms with Gasteiger partial charge in [0.05, 0.1) is 5.41 Å². The lowest BCUT2D eigenvalue weighted by atomic mass is 9.70. The van der Waals surface area contributed by atoms with E-state index < -0.39 is 5.41 Å². The van der Waals surface area contributed by atoms with Gasteiger partial charge in [0.15, 0.2) is 0 Å². The van der Waals surface area contributed by atoms with E-state index in [-0.39, 0.29) is 10.8 Å². The van der Waals surface area contributed by atoms with Crippen LogP contribution in [0.5, 0.6) is 0 Å². The average Bonchev–Trinajstić information content (AvgIpc) is 4.09. The van der Waals surface area contributed by atoms with Crippen molar-refractivity contribution in [2.75, 3.05) is 0 Å². The average molecular weight is 809 g/mol. The molecule has 2 heterocycles. The van der Waals surface area contributed by atoms with Crippen LogP contribution in [0.3, 0.4) is 0 Å². The van der Waals surface area contributed by atoms with Gasteiger partial charge in [-0.05, 0) is 103 Å². The zero-order valence-electron chi connectivity index (χ0n) is 38.0. The Labute approximate surface area is 363 Å². The van der Waals surface area contributed by atoms with Gasteiger partial charge in [-0.15, -0.1) is 20.4 Å². The first-order valence-corrected chi connectivity index (χ1v) is 21.8. The van der Waals surface area contributed by atoms with Crippen molar-refractivity contribution in [3.05, 3.63) is 173 Å². The predicted octanol–water partition coefficient (Wildman–Crippen LogP) is 15.3. The van der Waals surface area contributed by atoms with Gasteiger partial charge in [0.1, 0.15) is 0 Å². The first-order valence-electron chi connectivity index (χ1n) is 21.8. The fourth-order valence-corrected chi connectivity index (χ4v) is 8.25. The molecule has 1 unspecified atom stereocenters. The minimum Gasteiger partial charge on any atom is -0.417 e. The van der Waals surface area contributed by atoms with Gasteiger partial charge >= 0.3 is 0 Å². The number of hydrogen-bond acceptors (Lipinski definition) is 6. The maximum absolute atomic E-state index is 6.39. The van der Waals surface area contributed by atoms with Crippen molar-refractivity contribution in [3.63, 3.8) is 0 Å².